The van der Waals surface area contributed by atoms with Crippen LogP contribution in [0.2, 0.25) is 0 Å². The van der Waals surface area contributed by atoms with Crippen LogP contribution in [0.1, 0.15) is 0 Å². The molecule has 2 unspecified atom stereocenters. The zero-order valence-electron chi connectivity index (χ0n) is 6.56. The van der Waals surface area contributed by atoms with Gasteiger partial charge in [-0.3, -0.25) is 0 Å². The van der Waals surface area contributed by atoms with Crippen LogP contribution in [-0.4, -0.2) is 5.67 Å². The Labute approximate surface area is 76.4 Å². The molecule has 0 fully saturated rings. The smallest absolute Gasteiger partial charge is 0.221 e. The van der Waals surface area contributed by atoms with Crippen molar-refractivity contribution in [1.29, 1.82) is 10.5 Å². The molecule has 0 radical (unpaired) electrons. The molecule has 0 amide bonds. The Kier molecular flexibility index (Phi) is 2.31. The number of hydrogen-bond donors (Lipinski definition) is 0. The van der Waals surface area contributed by atoms with Crippen LogP contribution in [-0.2, 0) is 0 Å². The van der Waals surface area contributed by atoms with E-state index in [1.165, 1.54) is 0 Å². The molecule has 0 spiro atoms. The highest BCUT2D eigenvalue weighted by atomic mass is 19.2. The van der Waals surface area contributed by atoms with E-state index in [9.17, 15) is 17.6 Å². The Bertz CT molecular complexity index is 412. The van der Waals surface area contributed by atoms with Gasteiger partial charge in [-0.05, 0) is 0 Å². The zero-order valence-corrected chi connectivity index (χ0v) is 6.56. The number of nitrogens with zero attached hydrogens (tertiary/aromatic N) is 2. The fraction of sp³-hybridized carbons (Fsp3) is 0.250. The summed E-state index contributed by atoms with van der Waals surface area (Å²) in [7, 11) is 0. The maximum atomic E-state index is 13.3. The molecule has 2 atom stereocenters. The first-order valence-electron chi connectivity index (χ1n) is 3.40. The van der Waals surface area contributed by atoms with Crippen molar-refractivity contribution < 1.29 is 17.6 Å². The molecule has 1 aliphatic carbocycles. The fourth-order valence-corrected chi connectivity index (χ4v) is 1.00. The van der Waals surface area contributed by atoms with Gasteiger partial charge in [-0.25, -0.2) is 17.6 Å². The van der Waals surface area contributed by atoms with E-state index in [2.05, 4.69) is 0 Å². The maximum absolute atomic E-state index is 13.3. The molecule has 0 aromatic rings. The van der Waals surface area contributed by atoms with Gasteiger partial charge in [0.25, 0.3) is 0 Å². The molecule has 14 heavy (non-hydrogen) atoms. The minimum absolute atomic E-state index is 0.0424. The lowest BCUT2D eigenvalue weighted by molar-refractivity contribution is 0.223. The van der Waals surface area contributed by atoms with Crippen LogP contribution in [0.3, 0.4) is 0 Å². The molecule has 72 valence electrons. The molecule has 0 heterocycles. The lowest BCUT2D eigenvalue weighted by atomic mass is 9.86. The summed E-state index contributed by atoms with van der Waals surface area (Å²) in [5.74, 6) is -7.89. The predicted molar refractivity (Wildman–Crippen MR) is 37.0 cm³/mol. The number of hydrogen-bond acceptors (Lipinski definition) is 2. The third-order valence-corrected chi connectivity index (χ3v) is 1.73. The van der Waals surface area contributed by atoms with Crippen molar-refractivity contribution in [1.82, 2.24) is 0 Å². The number of alkyl halides is 1. The van der Waals surface area contributed by atoms with E-state index in [1.54, 1.807) is 0 Å². The highest BCUT2D eigenvalue weighted by Crippen LogP contribution is 2.40. The lowest BCUT2D eigenvalue weighted by Gasteiger charge is -2.21. The molecule has 0 saturated heterocycles. The maximum Gasteiger partial charge on any atom is 0.239 e. The van der Waals surface area contributed by atoms with Crippen molar-refractivity contribution in [3.05, 3.63) is 23.6 Å². The van der Waals surface area contributed by atoms with Crippen molar-refractivity contribution in [2.75, 3.05) is 0 Å². The third kappa shape index (κ3) is 1.25. The van der Waals surface area contributed by atoms with Gasteiger partial charge in [0, 0.05) is 6.08 Å². The van der Waals surface area contributed by atoms with Crippen molar-refractivity contribution >= 4 is 0 Å². The second kappa shape index (κ2) is 3.15. The van der Waals surface area contributed by atoms with Crippen molar-refractivity contribution in [2.45, 2.75) is 5.67 Å². The number of rotatable bonds is 0. The molecule has 0 aromatic heterocycles. The van der Waals surface area contributed by atoms with Crippen LogP contribution >= 0.6 is 0 Å². The van der Waals surface area contributed by atoms with Crippen LogP contribution in [0.25, 0.3) is 0 Å². The molecule has 0 aliphatic heterocycles. The van der Waals surface area contributed by atoms with Gasteiger partial charge in [0.05, 0.1) is 6.07 Å². The van der Waals surface area contributed by atoms with Crippen molar-refractivity contribution in [3.63, 3.8) is 0 Å². The molecule has 0 bridgehead atoms. The molecule has 6 heteroatoms. The van der Waals surface area contributed by atoms with Gasteiger partial charge >= 0.3 is 0 Å². The van der Waals surface area contributed by atoms with E-state index in [4.69, 9.17) is 10.5 Å². The van der Waals surface area contributed by atoms with E-state index in [0.29, 0.717) is 0 Å². The van der Waals surface area contributed by atoms with Crippen LogP contribution in [0.4, 0.5) is 17.6 Å². The summed E-state index contributed by atoms with van der Waals surface area (Å²) in [5.41, 5.74) is -3.15. The molecule has 1 rings (SSSR count). The van der Waals surface area contributed by atoms with E-state index < -0.39 is 29.1 Å². The lowest BCUT2D eigenvalue weighted by Crippen LogP contribution is -2.32. The molecular formula is C8H2F4N2. The molecule has 0 aromatic carbocycles. The summed E-state index contributed by atoms with van der Waals surface area (Å²) >= 11 is 0. The van der Waals surface area contributed by atoms with Gasteiger partial charge in [-0.2, -0.15) is 10.5 Å². The fourth-order valence-electron chi connectivity index (χ4n) is 1.00. The Balaban J connectivity index is 3.35. The van der Waals surface area contributed by atoms with Crippen molar-refractivity contribution in [2.24, 2.45) is 5.92 Å². The molecular weight excluding hydrogens is 200 g/mol. The predicted octanol–water partition coefficient (Wildman–Crippen LogP) is 2.38. The van der Waals surface area contributed by atoms with Crippen LogP contribution < -0.4 is 0 Å². The van der Waals surface area contributed by atoms with Gasteiger partial charge in [-0.1, -0.05) is 0 Å². The largest absolute Gasteiger partial charge is 0.239 e. The molecule has 2 nitrogen and oxygen atoms in total. The van der Waals surface area contributed by atoms with Crippen LogP contribution in [0, 0.1) is 28.6 Å². The summed E-state index contributed by atoms with van der Waals surface area (Å²) in [5, 5.41) is 16.6. The monoisotopic (exact) mass is 202 g/mol. The summed E-state index contributed by atoms with van der Waals surface area (Å²) in [4.78, 5) is 0. The van der Waals surface area contributed by atoms with E-state index >= 15 is 0 Å². The van der Waals surface area contributed by atoms with Crippen LogP contribution in [0.5, 0.6) is 0 Å². The average Bonchev–Trinajstić information content (AvgIpc) is 2.15. The Morgan fingerprint density at radius 2 is 1.86 bits per heavy atom. The van der Waals surface area contributed by atoms with Gasteiger partial charge < -0.3 is 0 Å². The normalized spacial score (nSPS) is 31.9. The minimum atomic E-state index is -3.15. The van der Waals surface area contributed by atoms with Gasteiger partial charge in [0.2, 0.25) is 5.67 Å². The summed E-state index contributed by atoms with van der Waals surface area (Å²) in [6.45, 7) is 0. The molecule has 1 aliphatic rings. The third-order valence-electron chi connectivity index (χ3n) is 1.73. The SMILES string of the molecule is N#CC1C(F)=C(F)C(F)=CC1(F)C#N. The minimum Gasteiger partial charge on any atom is -0.221 e. The first kappa shape index (κ1) is 10.3. The standard InChI is InChI=1S/C8H2F4N2/c9-5-1-8(12,3-14)4(2-13)6(10)7(5)11/h1,4H. The topological polar surface area (TPSA) is 47.6 Å². The number of allylic oxidation sites excluding steroid dienone is 4. The summed E-state index contributed by atoms with van der Waals surface area (Å²) in [6.07, 6.45) is -0.0424. The second-order valence-corrected chi connectivity index (χ2v) is 2.60. The van der Waals surface area contributed by atoms with Gasteiger partial charge in [0.15, 0.2) is 23.4 Å². The number of halogens is 4. The molecule has 0 saturated carbocycles. The average molecular weight is 202 g/mol. The van der Waals surface area contributed by atoms with Crippen LogP contribution in [0.15, 0.2) is 23.6 Å². The summed E-state index contributed by atoms with van der Waals surface area (Å²) < 4.78 is 51.1. The Hall–Kier alpha value is -1.82. The Morgan fingerprint density at radius 3 is 2.29 bits per heavy atom. The highest BCUT2D eigenvalue weighted by molar-refractivity contribution is 5.41. The van der Waals surface area contributed by atoms with Gasteiger partial charge in [-0.15, -0.1) is 0 Å². The van der Waals surface area contributed by atoms with Crippen molar-refractivity contribution in [3.8, 4) is 12.1 Å². The first-order chi connectivity index (χ1) is 6.46. The first-order valence-corrected chi connectivity index (χ1v) is 3.40. The van der Waals surface area contributed by atoms with Gasteiger partial charge in [0.1, 0.15) is 6.07 Å². The Morgan fingerprint density at radius 1 is 1.29 bits per heavy atom. The second-order valence-electron chi connectivity index (χ2n) is 2.60. The van der Waals surface area contributed by atoms with E-state index in [0.717, 1.165) is 12.1 Å². The highest BCUT2D eigenvalue weighted by Gasteiger charge is 2.47. The zero-order chi connectivity index (χ0) is 10.9. The van der Waals surface area contributed by atoms with E-state index in [1.807, 2.05) is 0 Å². The quantitative estimate of drug-likeness (QED) is 0.566. The van der Waals surface area contributed by atoms with E-state index in [-0.39, 0.29) is 6.08 Å². The molecule has 0 N–H and O–H groups in total. The number of nitriles is 2. The summed E-state index contributed by atoms with van der Waals surface area (Å²) in [6, 6.07) is 1.98.